The van der Waals surface area contributed by atoms with Gasteiger partial charge in [-0.1, -0.05) is 82.5 Å². The van der Waals surface area contributed by atoms with Crippen LogP contribution in [0.3, 0.4) is 0 Å². The van der Waals surface area contributed by atoms with Crippen LogP contribution in [0.25, 0.3) is 6.08 Å². The third-order valence-corrected chi connectivity index (χ3v) is 6.60. The number of allylic oxidation sites excluding steroid dienone is 1. The molecule has 0 aliphatic carbocycles. The van der Waals surface area contributed by atoms with Crippen LogP contribution in [-0.2, 0) is 13.3 Å². The number of hydrogen-bond donors (Lipinski definition) is 0. The topological polar surface area (TPSA) is 27.7 Å². The van der Waals surface area contributed by atoms with Gasteiger partial charge in [0.25, 0.3) is 0 Å². The van der Waals surface area contributed by atoms with Crippen molar-refractivity contribution in [1.82, 2.24) is 0 Å². The lowest BCUT2D eigenvalue weighted by Gasteiger charge is -2.29. The number of benzene rings is 1. The van der Waals surface area contributed by atoms with Gasteiger partial charge in [-0.15, -0.1) is 0 Å². The maximum Gasteiger partial charge on any atom is 0.504 e. The average molecular weight is 365 g/mol. The minimum Gasteiger partial charge on any atom is -0.373 e. The molecule has 4 heteroatoms. The van der Waals surface area contributed by atoms with Gasteiger partial charge in [0.05, 0.1) is 0 Å². The summed E-state index contributed by atoms with van der Waals surface area (Å²) in [6.45, 7) is 8.70. The minimum atomic E-state index is -2.65. The van der Waals surface area contributed by atoms with Gasteiger partial charge in [0.15, 0.2) is 0 Å². The molecule has 1 rings (SSSR count). The maximum absolute atomic E-state index is 6.24. The Balaban J connectivity index is 2.76. The van der Waals surface area contributed by atoms with Crippen LogP contribution >= 0.6 is 0 Å². The molecule has 142 valence electrons. The van der Waals surface area contributed by atoms with Crippen LogP contribution in [0.5, 0.6) is 0 Å². The minimum absolute atomic E-state index is 0.722. The van der Waals surface area contributed by atoms with Crippen molar-refractivity contribution in [1.29, 1.82) is 0 Å². The first-order chi connectivity index (χ1) is 12.3. The molecule has 0 atom stereocenters. The molecule has 3 nitrogen and oxygen atoms in total. The Kier molecular flexibility index (Phi) is 12.6. The Hall–Kier alpha value is -0.943. The van der Waals surface area contributed by atoms with E-state index in [2.05, 4.69) is 57.2 Å². The highest BCUT2D eigenvalue weighted by molar-refractivity contribution is 6.61. The Morgan fingerprint density at radius 1 is 0.760 bits per heavy atom. The summed E-state index contributed by atoms with van der Waals surface area (Å²) < 4.78 is 18.7. The largest absolute Gasteiger partial charge is 0.504 e. The monoisotopic (exact) mass is 364 g/mol. The second kappa shape index (κ2) is 14.2. The van der Waals surface area contributed by atoms with Crippen molar-refractivity contribution in [3.05, 3.63) is 42.0 Å². The fourth-order valence-corrected chi connectivity index (χ4v) is 4.70. The van der Waals surface area contributed by atoms with Crippen LogP contribution in [0.2, 0.25) is 6.04 Å². The van der Waals surface area contributed by atoms with Crippen LogP contribution in [0.4, 0.5) is 0 Å². The molecule has 1 aromatic carbocycles. The Bertz CT molecular complexity index is 421. The first kappa shape index (κ1) is 22.1. The highest BCUT2D eigenvalue weighted by Crippen LogP contribution is 2.20. The fourth-order valence-electron chi connectivity index (χ4n) is 2.32. The molecule has 25 heavy (non-hydrogen) atoms. The normalized spacial score (nSPS) is 12.1. The van der Waals surface area contributed by atoms with E-state index in [4.69, 9.17) is 13.3 Å². The van der Waals surface area contributed by atoms with Crippen molar-refractivity contribution in [3.8, 4) is 0 Å². The van der Waals surface area contributed by atoms with Crippen molar-refractivity contribution >= 4 is 14.9 Å². The van der Waals surface area contributed by atoms with E-state index in [1.54, 1.807) is 0 Å². The van der Waals surface area contributed by atoms with Crippen LogP contribution in [0.1, 0.15) is 64.9 Å². The lowest BCUT2D eigenvalue weighted by molar-refractivity contribution is 0.0590. The number of unbranched alkanes of at least 4 members (excludes halogenated alkanes) is 3. The second-order valence-electron chi connectivity index (χ2n) is 6.31. The van der Waals surface area contributed by atoms with Gasteiger partial charge in [-0.25, -0.2) is 0 Å². The number of rotatable bonds is 15. The van der Waals surface area contributed by atoms with Crippen molar-refractivity contribution < 1.29 is 13.3 Å². The molecule has 0 amide bonds. The van der Waals surface area contributed by atoms with Gasteiger partial charge in [-0.3, -0.25) is 0 Å². The molecule has 0 bridgehead atoms. The first-order valence-corrected chi connectivity index (χ1v) is 11.8. The summed E-state index contributed by atoms with van der Waals surface area (Å²) in [7, 11) is -2.65. The van der Waals surface area contributed by atoms with E-state index in [0.717, 1.165) is 64.4 Å². The molecule has 0 spiro atoms. The quantitative estimate of drug-likeness (QED) is 0.278. The van der Waals surface area contributed by atoms with Gasteiger partial charge in [0, 0.05) is 25.9 Å². The fraction of sp³-hybridized carbons (Fsp3) is 0.619. The molecule has 0 saturated heterocycles. The van der Waals surface area contributed by atoms with E-state index in [9.17, 15) is 0 Å². The Morgan fingerprint density at radius 3 is 1.68 bits per heavy atom. The van der Waals surface area contributed by atoms with Gasteiger partial charge in [0.1, 0.15) is 0 Å². The summed E-state index contributed by atoms with van der Waals surface area (Å²) in [4.78, 5) is 0. The molecule has 0 aliphatic rings. The summed E-state index contributed by atoms with van der Waals surface area (Å²) in [6.07, 6.45) is 10.8. The molecule has 0 aromatic heterocycles. The molecule has 0 saturated carbocycles. The van der Waals surface area contributed by atoms with Crippen LogP contribution < -0.4 is 0 Å². The van der Waals surface area contributed by atoms with Gasteiger partial charge >= 0.3 is 8.80 Å². The maximum atomic E-state index is 6.24. The summed E-state index contributed by atoms with van der Waals surface area (Å²) in [5.41, 5.74) is 1.20. The predicted octanol–water partition coefficient (Wildman–Crippen LogP) is 6.09. The average Bonchev–Trinajstić information content (AvgIpc) is 2.63. The highest BCUT2D eigenvalue weighted by atomic mass is 28.4. The predicted molar refractivity (Wildman–Crippen MR) is 109 cm³/mol. The number of hydrogen-bond acceptors (Lipinski definition) is 3. The van der Waals surface area contributed by atoms with E-state index < -0.39 is 8.80 Å². The summed E-state index contributed by atoms with van der Waals surface area (Å²) in [6, 6.07) is 11.1. The van der Waals surface area contributed by atoms with Gasteiger partial charge in [-0.2, -0.15) is 0 Å². The summed E-state index contributed by atoms with van der Waals surface area (Å²) >= 11 is 0. The molecule has 0 aliphatic heterocycles. The standard InChI is InChI=1S/C21H36O3Si/c1-4-7-17-22-25(23-18-8-5-2,24-19-9-6-3)20-13-16-21-14-11-10-12-15-21/h10-16H,4-9,17-20H2,1-3H3. The molecule has 0 N–H and O–H groups in total. The molecule has 0 radical (unpaired) electrons. The zero-order valence-electron chi connectivity index (χ0n) is 16.3. The van der Waals surface area contributed by atoms with Crippen molar-refractivity contribution in [2.45, 2.75) is 65.3 Å². The van der Waals surface area contributed by atoms with Crippen molar-refractivity contribution in [2.75, 3.05) is 19.8 Å². The van der Waals surface area contributed by atoms with Crippen molar-refractivity contribution in [2.24, 2.45) is 0 Å². The van der Waals surface area contributed by atoms with Gasteiger partial charge < -0.3 is 13.3 Å². The molecule has 0 fully saturated rings. The lowest BCUT2D eigenvalue weighted by Crippen LogP contribution is -2.46. The molecule has 0 unspecified atom stereocenters. The third kappa shape index (κ3) is 9.95. The van der Waals surface area contributed by atoms with Crippen LogP contribution in [-0.4, -0.2) is 28.6 Å². The van der Waals surface area contributed by atoms with Crippen LogP contribution in [0.15, 0.2) is 36.4 Å². The van der Waals surface area contributed by atoms with E-state index in [-0.39, 0.29) is 0 Å². The van der Waals surface area contributed by atoms with E-state index in [0.29, 0.717) is 0 Å². The summed E-state index contributed by atoms with van der Waals surface area (Å²) in [5.74, 6) is 0. The third-order valence-electron chi connectivity index (χ3n) is 3.94. The summed E-state index contributed by atoms with van der Waals surface area (Å²) in [5, 5.41) is 0. The highest BCUT2D eigenvalue weighted by Gasteiger charge is 2.39. The van der Waals surface area contributed by atoms with E-state index in [1.165, 1.54) is 5.56 Å². The van der Waals surface area contributed by atoms with Crippen LogP contribution in [0, 0.1) is 0 Å². The second-order valence-corrected chi connectivity index (χ2v) is 8.95. The van der Waals surface area contributed by atoms with E-state index >= 15 is 0 Å². The Labute approximate surface area is 155 Å². The molecular formula is C21H36O3Si. The van der Waals surface area contributed by atoms with Gasteiger partial charge in [-0.05, 0) is 24.8 Å². The molecular weight excluding hydrogens is 328 g/mol. The van der Waals surface area contributed by atoms with Crippen molar-refractivity contribution in [3.63, 3.8) is 0 Å². The van der Waals surface area contributed by atoms with Gasteiger partial charge in [0.2, 0.25) is 0 Å². The molecule has 1 aromatic rings. The zero-order valence-corrected chi connectivity index (χ0v) is 17.3. The smallest absolute Gasteiger partial charge is 0.373 e. The van der Waals surface area contributed by atoms with E-state index in [1.807, 2.05) is 6.07 Å². The Morgan fingerprint density at radius 2 is 1.24 bits per heavy atom. The first-order valence-electron chi connectivity index (χ1n) is 9.89. The molecule has 0 heterocycles. The zero-order chi connectivity index (χ0) is 18.2. The lowest BCUT2D eigenvalue weighted by atomic mass is 10.2. The SMILES string of the molecule is CCCCO[Si](CC=Cc1ccccc1)(OCCCC)OCCCC.